The van der Waals surface area contributed by atoms with Crippen LogP contribution in [-0.4, -0.2) is 24.3 Å². The number of thiophene rings is 1. The molecule has 0 aliphatic rings. The zero-order valence-corrected chi connectivity index (χ0v) is 10.4. The standard InChI is InChI=1S/C12H21NOS/c1-3-10(2)12(9-14)13-7-6-11-5-4-8-15-11/h4-5,8,10,12-14H,3,6-7,9H2,1-2H3. The topological polar surface area (TPSA) is 32.3 Å². The summed E-state index contributed by atoms with van der Waals surface area (Å²) in [6.07, 6.45) is 2.17. The van der Waals surface area contributed by atoms with Crippen molar-refractivity contribution in [2.24, 2.45) is 5.92 Å². The molecule has 0 radical (unpaired) electrons. The van der Waals surface area contributed by atoms with Crippen molar-refractivity contribution in [1.29, 1.82) is 0 Å². The SMILES string of the molecule is CCC(C)C(CO)NCCc1cccs1. The van der Waals surface area contributed by atoms with E-state index in [1.807, 2.05) is 0 Å². The average Bonchev–Trinajstić information content (AvgIpc) is 2.76. The lowest BCUT2D eigenvalue weighted by Gasteiger charge is -2.21. The summed E-state index contributed by atoms with van der Waals surface area (Å²) in [5.41, 5.74) is 0. The van der Waals surface area contributed by atoms with Crippen molar-refractivity contribution in [2.45, 2.75) is 32.7 Å². The van der Waals surface area contributed by atoms with E-state index in [-0.39, 0.29) is 12.6 Å². The molecule has 1 heterocycles. The number of aliphatic hydroxyl groups excluding tert-OH is 1. The predicted octanol–water partition coefficient (Wildman–Crippen LogP) is 2.29. The monoisotopic (exact) mass is 227 g/mol. The Morgan fingerprint density at radius 1 is 1.53 bits per heavy atom. The first kappa shape index (κ1) is 12.7. The van der Waals surface area contributed by atoms with Gasteiger partial charge in [-0.2, -0.15) is 0 Å². The van der Waals surface area contributed by atoms with E-state index >= 15 is 0 Å². The second-order valence-corrected chi connectivity index (χ2v) is 4.99. The van der Waals surface area contributed by atoms with Gasteiger partial charge in [-0.25, -0.2) is 0 Å². The normalized spacial score (nSPS) is 15.1. The molecule has 0 saturated carbocycles. The molecule has 0 fully saturated rings. The molecule has 0 bridgehead atoms. The van der Waals surface area contributed by atoms with E-state index in [2.05, 4.69) is 36.7 Å². The van der Waals surface area contributed by atoms with E-state index in [0.29, 0.717) is 5.92 Å². The van der Waals surface area contributed by atoms with Crippen molar-refractivity contribution in [3.63, 3.8) is 0 Å². The third kappa shape index (κ3) is 4.33. The van der Waals surface area contributed by atoms with Crippen molar-refractivity contribution in [2.75, 3.05) is 13.2 Å². The van der Waals surface area contributed by atoms with Crippen LogP contribution in [0, 0.1) is 5.92 Å². The van der Waals surface area contributed by atoms with Crippen molar-refractivity contribution in [1.82, 2.24) is 5.32 Å². The summed E-state index contributed by atoms with van der Waals surface area (Å²) in [7, 11) is 0. The Labute approximate surface area is 96.3 Å². The lowest BCUT2D eigenvalue weighted by Crippen LogP contribution is -2.39. The Morgan fingerprint density at radius 2 is 2.33 bits per heavy atom. The van der Waals surface area contributed by atoms with Gasteiger partial charge >= 0.3 is 0 Å². The molecule has 0 amide bonds. The minimum Gasteiger partial charge on any atom is -0.395 e. The molecule has 2 atom stereocenters. The Kier molecular flexibility index (Phi) is 5.91. The first-order valence-corrected chi connectivity index (χ1v) is 6.52. The van der Waals surface area contributed by atoms with E-state index < -0.39 is 0 Å². The summed E-state index contributed by atoms with van der Waals surface area (Å²) in [6, 6.07) is 4.48. The second kappa shape index (κ2) is 6.99. The Hall–Kier alpha value is -0.380. The van der Waals surface area contributed by atoms with Crippen LogP contribution in [0.1, 0.15) is 25.1 Å². The quantitative estimate of drug-likeness (QED) is 0.749. The number of rotatable bonds is 7. The third-order valence-electron chi connectivity index (χ3n) is 2.89. The first-order valence-electron chi connectivity index (χ1n) is 5.64. The highest BCUT2D eigenvalue weighted by Crippen LogP contribution is 2.10. The molecule has 3 heteroatoms. The van der Waals surface area contributed by atoms with Gasteiger partial charge in [0.15, 0.2) is 0 Å². The Balaban J connectivity index is 2.23. The maximum atomic E-state index is 9.22. The van der Waals surface area contributed by atoms with Crippen LogP contribution in [0.4, 0.5) is 0 Å². The van der Waals surface area contributed by atoms with Crippen molar-refractivity contribution in [3.8, 4) is 0 Å². The second-order valence-electron chi connectivity index (χ2n) is 3.96. The largest absolute Gasteiger partial charge is 0.395 e. The fourth-order valence-electron chi connectivity index (χ4n) is 1.57. The highest BCUT2D eigenvalue weighted by molar-refractivity contribution is 7.09. The fraction of sp³-hybridized carbons (Fsp3) is 0.667. The summed E-state index contributed by atoms with van der Waals surface area (Å²) in [5, 5.41) is 14.7. The van der Waals surface area contributed by atoms with Crippen molar-refractivity contribution < 1.29 is 5.11 Å². The maximum absolute atomic E-state index is 9.22. The number of aliphatic hydroxyl groups is 1. The molecule has 1 rings (SSSR count). The summed E-state index contributed by atoms with van der Waals surface area (Å²) in [6.45, 7) is 5.53. The lowest BCUT2D eigenvalue weighted by molar-refractivity contribution is 0.203. The minimum atomic E-state index is 0.236. The van der Waals surface area contributed by atoms with Crippen molar-refractivity contribution >= 4 is 11.3 Å². The molecule has 0 aromatic carbocycles. The molecule has 2 unspecified atom stereocenters. The molecule has 0 aliphatic carbocycles. The van der Waals surface area contributed by atoms with E-state index in [1.54, 1.807) is 11.3 Å². The van der Waals surface area contributed by atoms with E-state index in [0.717, 1.165) is 19.4 Å². The van der Waals surface area contributed by atoms with Gasteiger partial charge in [-0.05, 0) is 23.8 Å². The summed E-state index contributed by atoms with van der Waals surface area (Å²) < 4.78 is 0. The summed E-state index contributed by atoms with van der Waals surface area (Å²) in [5.74, 6) is 0.540. The third-order valence-corrected chi connectivity index (χ3v) is 3.82. The van der Waals surface area contributed by atoms with Gasteiger partial charge < -0.3 is 10.4 Å². The molecular weight excluding hydrogens is 206 g/mol. The first-order chi connectivity index (χ1) is 7.27. The average molecular weight is 227 g/mol. The Bertz CT molecular complexity index is 248. The van der Waals surface area contributed by atoms with Gasteiger partial charge in [-0.1, -0.05) is 26.3 Å². The molecule has 0 aliphatic heterocycles. The highest BCUT2D eigenvalue weighted by Gasteiger charge is 2.13. The number of nitrogens with one attached hydrogen (secondary N) is 1. The zero-order valence-electron chi connectivity index (χ0n) is 9.57. The lowest BCUT2D eigenvalue weighted by atomic mass is 10.00. The fourth-order valence-corrected chi connectivity index (χ4v) is 2.27. The van der Waals surface area contributed by atoms with E-state index in [4.69, 9.17) is 0 Å². The van der Waals surface area contributed by atoms with Crippen LogP contribution in [0.5, 0.6) is 0 Å². The molecule has 0 saturated heterocycles. The molecule has 0 spiro atoms. The Morgan fingerprint density at radius 3 is 2.87 bits per heavy atom. The van der Waals surface area contributed by atoms with Crippen LogP contribution < -0.4 is 5.32 Å². The molecule has 1 aromatic heterocycles. The molecule has 1 aromatic rings. The zero-order chi connectivity index (χ0) is 11.1. The van der Waals surface area contributed by atoms with Crippen LogP contribution in [0.2, 0.25) is 0 Å². The van der Waals surface area contributed by atoms with Crippen LogP contribution in [0.3, 0.4) is 0 Å². The van der Waals surface area contributed by atoms with Gasteiger partial charge in [0.1, 0.15) is 0 Å². The highest BCUT2D eigenvalue weighted by atomic mass is 32.1. The summed E-state index contributed by atoms with van der Waals surface area (Å²) in [4.78, 5) is 1.41. The van der Waals surface area contributed by atoms with Crippen LogP contribution in [-0.2, 0) is 6.42 Å². The van der Waals surface area contributed by atoms with Crippen molar-refractivity contribution in [3.05, 3.63) is 22.4 Å². The van der Waals surface area contributed by atoms with Gasteiger partial charge in [-0.3, -0.25) is 0 Å². The summed E-state index contributed by atoms with van der Waals surface area (Å²) >= 11 is 1.79. The van der Waals surface area contributed by atoms with E-state index in [1.165, 1.54) is 4.88 Å². The van der Waals surface area contributed by atoms with Crippen LogP contribution in [0.25, 0.3) is 0 Å². The van der Waals surface area contributed by atoms with Gasteiger partial charge in [0, 0.05) is 17.5 Å². The molecule has 2 N–H and O–H groups in total. The number of hydrogen-bond acceptors (Lipinski definition) is 3. The molecule has 86 valence electrons. The molecule has 2 nitrogen and oxygen atoms in total. The minimum absolute atomic E-state index is 0.236. The number of hydrogen-bond donors (Lipinski definition) is 2. The van der Waals surface area contributed by atoms with Crippen LogP contribution in [0.15, 0.2) is 17.5 Å². The maximum Gasteiger partial charge on any atom is 0.0587 e. The van der Waals surface area contributed by atoms with Crippen LogP contribution >= 0.6 is 11.3 Å². The molecule has 15 heavy (non-hydrogen) atoms. The van der Waals surface area contributed by atoms with E-state index in [9.17, 15) is 5.11 Å². The predicted molar refractivity (Wildman–Crippen MR) is 66.4 cm³/mol. The van der Waals surface area contributed by atoms with Gasteiger partial charge in [-0.15, -0.1) is 11.3 Å². The molecular formula is C12H21NOS. The smallest absolute Gasteiger partial charge is 0.0587 e. The van der Waals surface area contributed by atoms with Gasteiger partial charge in [0.05, 0.1) is 6.61 Å². The van der Waals surface area contributed by atoms with Gasteiger partial charge in [0.25, 0.3) is 0 Å². The van der Waals surface area contributed by atoms with Gasteiger partial charge in [0.2, 0.25) is 0 Å².